The third-order valence-corrected chi connectivity index (χ3v) is 5.38. The van der Waals surface area contributed by atoms with E-state index in [0.717, 1.165) is 10.9 Å². The molecule has 0 aliphatic heterocycles. The van der Waals surface area contributed by atoms with E-state index in [1.54, 1.807) is 0 Å². The third kappa shape index (κ3) is 3.68. The minimum absolute atomic E-state index is 0.445. The molecule has 1 aromatic carbocycles. The predicted molar refractivity (Wildman–Crippen MR) is 78.1 cm³/mol. The molecule has 0 atom stereocenters. The first-order valence-corrected chi connectivity index (χ1v) is 12.7. The zero-order chi connectivity index (χ0) is 12.6. The summed E-state index contributed by atoms with van der Waals surface area (Å²) in [5.74, 6) is 0.445. The maximum Gasteiger partial charge on any atom is 0.144 e. The van der Waals surface area contributed by atoms with Crippen molar-refractivity contribution in [3.8, 4) is 5.75 Å². The Morgan fingerprint density at radius 2 is 1.56 bits per heavy atom. The molecule has 0 aliphatic carbocycles. The Bertz CT molecular complexity index is 378. The van der Waals surface area contributed by atoms with Gasteiger partial charge in [-0.3, -0.25) is 0 Å². The smallest absolute Gasteiger partial charge is 0.144 e. The Balaban J connectivity index is 3.09. The average Bonchev–Trinajstić information content (AvgIpc) is 2.04. The molecule has 0 spiro atoms. The van der Waals surface area contributed by atoms with E-state index < -0.39 is 16.3 Å². The van der Waals surface area contributed by atoms with Gasteiger partial charge in [0.05, 0.1) is 8.07 Å². The Labute approximate surface area is 101 Å². The zero-order valence-electron chi connectivity index (χ0n) is 11.2. The van der Waals surface area contributed by atoms with Gasteiger partial charge in [-0.2, -0.15) is 0 Å². The van der Waals surface area contributed by atoms with E-state index >= 15 is 0 Å². The van der Waals surface area contributed by atoms with Gasteiger partial charge < -0.3 is 10.1 Å². The molecular weight excluding hydrogens is 230 g/mol. The second-order valence-electron chi connectivity index (χ2n) is 6.36. The predicted octanol–water partition coefficient (Wildman–Crippen LogP) is 3.18. The SMILES string of the molecule is C[Si](C)(C)Nc1ccc(O)c([Si](C)(C)C)c1. The largest absolute Gasteiger partial charge is 0.508 e. The van der Waals surface area contributed by atoms with Crippen LogP contribution < -0.4 is 10.2 Å². The molecule has 1 rings (SSSR count). The van der Waals surface area contributed by atoms with E-state index in [0.29, 0.717) is 5.75 Å². The van der Waals surface area contributed by atoms with Crippen molar-refractivity contribution in [2.24, 2.45) is 0 Å². The molecule has 0 unspecified atom stereocenters. The summed E-state index contributed by atoms with van der Waals surface area (Å²) in [4.78, 5) is 3.57. The van der Waals surface area contributed by atoms with E-state index in [-0.39, 0.29) is 0 Å². The molecule has 0 heterocycles. The van der Waals surface area contributed by atoms with Crippen molar-refractivity contribution in [1.29, 1.82) is 0 Å². The van der Waals surface area contributed by atoms with Gasteiger partial charge in [0.15, 0.2) is 0 Å². The second-order valence-corrected chi connectivity index (χ2v) is 16.1. The van der Waals surface area contributed by atoms with Gasteiger partial charge in [0.1, 0.15) is 14.0 Å². The zero-order valence-corrected chi connectivity index (χ0v) is 13.2. The molecular formula is C12H23NOSi2. The van der Waals surface area contributed by atoms with Crippen molar-refractivity contribution < 1.29 is 5.11 Å². The average molecular weight is 253 g/mol. The molecule has 0 saturated heterocycles. The van der Waals surface area contributed by atoms with Crippen molar-refractivity contribution in [1.82, 2.24) is 0 Å². The molecule has 1 aromatic rings. The van der Waals surface area contributed by atoms with Crippen LogP contribution in [0, 0.1) is 0 Å². The molecule has 0 saturated carbocycles. The van der Waals surface area contributed by atoms with Crippen LogP contribution in [-0.2, 0) is 0 Å². The number of phenols is 1. The van der Waals surface area contributed by atoms with Crippen LogP contribution in [0.5, 0.6) is 5.75 Å². The number of nitrogens with one attached hydrogen (secondary N) is 1. The molecule has 0 radical (unpaired) electrons. The lowest BCUT2D eigenvalue weighted by atomic mass is 10.3. The van der Waals surface area contributed by atoms with Gasteiger partial charge in [-0.1, -0.05) is 39.3 Å². The van der Waals surface area contributed by atoms with Crippen molar-refractivity contribution in [3.63, 3.8) is 0 Å². The third-order valence-electron chi connectivity index (χ3n) is 2.32. The summed E-state index contributed by atoms with van der Waals surface area (Å²) in [5.41, 5.74) is 1.15. The van der Waals surface area contributed by atoms with Crippen molar-refractivity contribution in [2.45, 2.75) is 39.3 Å². The quantitative estimate of drug-likeness (QED) is 0.640. The molecule has 0 amide bonds. The van der Waals surface area contributed by atoms with Crippen LogP contribution in [0.4, 0.5) is 5.69 Å². The van der Waals surface area contributed by atoms with Gasteiger partial charge in [-0.25, -0.2) is 0 Å². The highest BCUT2D eigenvalue weighted by atomic mass is 28.3. The summed E-state index contributed by atoms with van der Waals surface area (Å²) in [7, 11) is -2.77. The van der Waals surface area contributed by atoms with Crippen LogP contribution in [0.25, 0.3) is 0 Å². The Morgan fingerprint density at radius 1 is 1.00 bits per heavy atom. The monoisotopic (exact) mass is 253 g/mol. The number of aromatic hydroxyl groups is 1. The molecule has 2 N–H and O–H groups in total. The molecule has 0 aliphatic rings. The van der Waals surface area contributed by atoms with Gasteiger partial charge in [-0.15, -0.1) is 0 Å². The van der Waals surface area contributed by atoms with Crippen molar-refractivity contribution in [3.05, 3.63) is 18.2 Å². The Hall–Kier alpha value is -0.746. The summed E-state index contributed by atoms with van der Waals surface area (Å²) < 4.78 is 0. The van der Waals surface area contributed by atoms with E-state index in [2.05, 4.69) is 50.3 Å². The lowest BCUT2D eigenvalue weighted by Crippen LogP contribution is -2.39. The summed E-state index contributed by atoms with van der Waals surface area (Å²) in [6, 6.07) is 5.91. The summed E-state index contributed by atoms with van der Waals surface area (Å²) in [5, 5.41) is 11.0. The topological polar surface area (TPSA) is 32.3 Å². The molecule has 90 valence electrons. The number of hydrogen-bond donors (Lipinski definition) is 2. The first kappa shape index (κ1) is 13.3. The number of rotatable bonds is 3. The number of phenolic OH excluding ortho intramolecular Hbond substituents is 1. The van der Waals surface area contributed by atoms with Crippen molar-refractivity contribution in [2.75, 3.05) is 4.98 Å². The standard InChI is InChI=1S/C12H23NOSi2/c1-15(2,3)12-9-10(7-8-11(12)14)13-16(4,5)6/h7-9,13-14H,1-6H3. The number of benzene rings is 1. The summed E-state index contributed by atoms with van der Waals surface area (Å²) in [6.07, 6.45) is 0. The fourth-order valence-electron chi connectivity index (χ4n) is 1.65. The highest BCUT2D eigenvalue weighted by molar-refractivity contribution is 6.89. The van der Waals surface area contributed by atoms with E-state index in [9.17, 15) is 5.11 Å². The van der Waals surface area contributed by atoms with Gasteiger partial charge in [0.2, 0.25) is 0 Å². The first-order valence-electron chi connectivity index (χ1n) is 5.71. The van der Waals surface area contributed by atoms with Crippen LogP contribution >= 0.6 is 0 Å². The molecule has 0 aromatic heterocycles. The van der Waals surface area contributed by atoms with Gasteiger partial charge in [-0.05, 0) is 23.4 Å². The maximum atomic E-state index is 9.89. The van der Waals surface area contributed by atoms with E-state index in [1.807, 2.05) is 12.1 Å². The molecule has 0 fully saturated rings. The molecule has 2 nitrogen and oxygen atoms in total. The van der Waals surface area contributed by atoms with Crippen LogP contribution in [0.15, 0.2) is 18.2 Å². The lowest BCUT2D eigenvalue weighted by Gasteiger charge is -2.23. The molecule has 16 heavy (non-hydrogen) atoms. The first-order chi connectivity index (χ1) is 7.09. The fourth-order valence-corrected chi connectivity index (χ4v) is 4.11. The number of hydrogen-bond acceptors (Lipinski definition) is 2. The van der Waals surface area contributed by atoms with Crippen LogP contribution in [0.2, 0.25) is 39.3 Å². The second kappa shape index (κ2) is 4.26. The van der Waals surface area contributed by atoms with Gasteiger partial charge in [0.25, 0.3) is 0 Å². The van der Waals surface area contributed by atoms with Crippen LogP contribution in [-0.4, -0.2) is 21.4 Å². The van der Waals surface area contributed by atoms with Crippen LogP contribution in [0.3, 0.4) is 0 Å². The fraction of sp³-hybridized carbons (Fsp3) is 0.500. The Kier molecular flexibility index (Phi) is 3.54. The highest BCUT2D eigenvalue weighted by Gasteiger charge is 2.21. The maximum absolute atomic E-state index is 9.89. The normalized spacial score (nSPS) is 12.6. The lowest BCUT2D eigenvalue weighted by molar-refractivity contribution is 0.479. The molecule has 4 heteroatoms. The summed E-state index contributed by atoms with van der Waals surface area (Å²) >= 11 is 0. The van der Waals surface area contributed by atoms with Gasteiger partial charge >= 0.3 is 0 Å². The van der Waals surface area contributed by atoms with Gasteiger partial charge in [0, 0.05) is 5.69 Å². The summed E-state index contributed by atoms with van der Waals surface area (Å²) in [6.45, 7) is 13.6. The number of anilines is 1. The van der Waals surface area contributed by atoms with E-state index in [4.69, 9.17) is 0 Å². The molecule has 0 bridgehead atoms. The minimum atomic E-state index is -1.46. The van der Waals surface area contributed by atoms with Crippen molar-refractivity contribution >= 4 is 27.2 Å². The minimum Gasteiger partial charge on any atom is -0.508 e. The highest BCUT2D eigenvalue weighted by Crippen LogP contribution is 2.19. The van der Waals surface area contributed by atoms with Crippen LogP contribution in [0.1, 0.15) is 0 Å². The Morgan fingerprint density at radius 3 is 2.00 bits per heavy atom. The van der Waals surface area contributed by atoms with E-state index in [1.165, 1.54) is 0 Å².